The fourth-order valence-corrected chi connectivity index (χ4v) is 2.30. The van der Waals surface area contributed by atoms with Crippen molar-refractivity contribution in [2.75, 3.05) is 0 Å². The van der Waals surface area contributed by atoms with E-state index in [2.05, 4.69) is 4.98 Å². The van der Waals surface area contributed by atoms with Crippen LogP contribution in [-0.4, -0.2) is 15.5 Å². The van der Waals surface area contributed by atoms with Gasteiger partial charge in [-0.2, -0.15) is 0 Å². The molecule has 5 heteroatoms. The summed E-state index contributed by atoms with van der Waals surface area (Å²) in [6.45, 7) is 3.76. The fourth-order valence-electron chi connectivity index (χ4n) is 2.30. The lowest BCUT2D eigenvalue weighted by atomic mass is 10.1. The largest absolute Gasteiger partial charge is 0.425 e. The number of nitrogens with zero attached hydrogens (tertiary/aromatic N) is 2. The molecule has 0 fully saturated rings. The molecule has 23 heavy (non-hydrogen) atoms. The summed E-state index contributed by atoms with van der Waals surface area (Å²) in [6.07, 6.45) is 1.37. The molecule has 1 heterocycles. The molecule has 3 rings (SSSR count). The Labute approximate surface area is 133 Å². The van der Waals surface area contributed by atoms with Crippen molar-refractivity contribution in [3.63, 3.8) is 0 Å². The van der Waals surface area contributed by atoms with Gasteiger partial charge in [0, 0.05) is 0 Å². The van der Waals surface area contributed by atoms with Gasteiger partial charge in [0.05, 0.1) is 17.2 Å². The van der Waals surface area contributed by atoms with Crippen LogP contribution in [0, 0.1) is 13.8 Å². The van der Waals surface area contributed by atoms with Gasteiger partial charge in [0.2, 0.25) is 0 Å². The molecule has 0 radical (unpaired) electrons. The number of benzene rings is 2. The summed E-state index contributed by atoms with van der Waals surface area (Å²) in [5.74, 6) is -0.0349. The van der Waals surface area contributed by atoms with E-state index in [4.69, 9.17) is 4.74 Å². The lowest BCUT2D eigenvalue weighted by Gasteiger charge is -2.08. The van der Waals surface area contributed by atoms with Crippen molar-refractivity contribution in [3.05, 3.63) is 70.3 Å². The number of fused-ring (bicyclic) bond motifs is 1. The molecule has 3 aromatic rings. The van der Waals surface area contributed by atoms with E-state index in [1.54, 1.807) is 30.3 Å². The smallest absolute Gasteiger partial charge is 0.331 e. The highest BCUT2D eigenvalue weighted by molar-refractivity contribution is 5.78. The van der Waals surface area contributed by atoms with Crippen LogP contribution < -0.4 is 10.3 Å². The predicted octanol–water partition coefficient (Wildman–Crippen LogP) is 2.62. The zero-order valence-corrected chi connectivity index (χ0v) is 12.9. The molecule has 0 bridgehead atoms. The third-order valence-corrected chi connectivity index (χ3v) is 3.74. The van der Waals surface area contributed by atoms with Gasteiger partial charge in [-0.3, -0.25) is 9.36 Å². The van der Waals surface area contributed by atoms with Gasteiger partial charge < -0.3 is 4.74 Å². The Morgan fingerprint density at radius 2 is 1.91 bits per heavy atom. The highest BCUT2D eigenvalue weighted by Gasteiger charge is 2.10. The molecule has 0 aliphatic carbocycles. The molecular formula is C18H16N2O3. The Kier molecular flexibility index (Phi) is 3.93. The molecule has 0 unspecified atom stereocenters. The van der Waals surface area contributed by atoms with Crippen molar-refractivity contribution in [2.24, 2.45) is 0 Å². The van der Waals surface area contributed by atoms with Crippen LogP contribution in [0.5, 0.6) is 5.75 Å². The van der Waals surface area contributed by atoms with Crippen LogP contribution >= 0.6 is 0 Å². The second kappa shape index (κ2) is 6.04. The number of hydrogen-bond donors (Lipinski definition) is 0. The Morgan fingerprint density at radius 1 is 1.13 bits per heavy atom. The molecular weight excluding hydrogens is 292 g/mol. The molecule has 0 N–H and O–H groups in total. The summed E-state index contributed by atoms with van der Waals surface area (Å²) in [5.41, 5.74) is 2.52. The first-order valence-electron chi connectivity index (χ1n) is 7.27. The van der Waals surface area contributed by atoms with E-state index >= 15 is 0 Å². The van der Waals surface area contributed by atoms with E-state index in [1.165, 1.54) is 10.9 Å². The maximum Gasteiger partial charge on any atom is 0.331 e. The third kappa shape index (κ3) is 3.13. The Balaban J connectivity index is 1.81. The summed E-state index contributed by atoms with van der Waals surface area (Å²) in [4.78, 5) is 28.6. The maximum atomic E-state index is 12.3. The molecule has 0 saturated carbocycles. The average molecular weight is 308 g/mol. The standard InChI is InChI=1S/C18H16N2O3/c1-12-7-8-14(9-13(12)2)23-17(21)10-20-11-19-16-6-4-3-5-15(16)18(20)22/h3-9,11H,10H2,1-2H3. The van der Waals surface area contributed by atoms with Crippen LogP contribution in [0.4, 0.5) is 0 Å². The first kappa shape index (κ1) is 15.0. The second-order valence-corrected chi connectivity index (χ2v) is 5.41. The summed E-state index contributed by atoms with van der Waals surface area (Å²) >= 11 is 0. The topological polar surface area (TPSA) is 61.2 Å². The van der Waals surface area contributed by atoms with Crippen LogP contribution in [-0.2, 0) is 11.3 Å². The molecule has 0 aliphatic rings. The lowest BCUT2D eigenvalue weighted by Crippen LogP contribution is -2.26. The van der Waals surface area contributed by atoms with Crippen molar-refractivity contribution < 1.29 is 9.53 Å². The minimum Gasteiger partial charge on any atom is -0.425 e. The summed E-state index contributed by atoms with van der Waals surface area (Å²) in [7, 11) is 0. The number of aromatic nitrogens is 2. The third-order valence-electron chi connectivity index (χ3n) is 3.74. The molecule has 0 atom stereocenters. The van der Waals surface area contributed by atoms with Crippen molar-refractivity contribution in [2.45, 2.75) is 20.4 Å². The number of aryl methyl sites for hydroxylation is 2. The number of ether oxygens (including phenoxy) is 1. The second-order valence-electron chi connectivity index (χ2n) is 5.41. The number of esters is 1. The van der Waals surface area contributed by atoms with Gasteiger partial charge in [-0.1, -0.05) is 18.2 Å². The van der Waals surface area contributed by atoms with Crippen LogP contribution in [0.3, 0.4) is 0 Å². The number of carbonyl (C=O) groups excluding carboxylic acids is 1. The average Bonchev–Trinajstić information content (AvgIpc) is 2.54. The van der Waals surface area contributed by atoms with Gasteiger partial charge in [0.1, 0.15) is 12.3 Å². The first-order valence-corrected chi connectivity index (χ1v) is 7.27. The Bertz CT molecular complexity index is 944. The van der Waals surface area contributed by atoms with Crippen LogP contribution in [0.15, 0.2) is 53.6 Å². The summed E-state index contributed by atoms with van der Waals surface area (Å²) in [6, 6.07) is 12.5. The van der Waals surface area contributed by atoms with Crippen molar-refractivity contribution in [1.29, 1.82) is 0 Å². The molecule has 0 spiro atoms. The molecule has 116 valence electrons. The minimum atomic E-state index is -0.507. The van der Waals surface area contributed by atoms with Crippen LogP contribution in [0.25, 0.3) is 10.9 Å². The van der Waals surface area contributed by atoms with Gasteiger partial charge in [0.25, 0.3) is 5.56 Å². The van der Waals surface area contributed by atoms with Crippen LogP contribution in [0.2, 0.25) is 0 Å². The first-order chi connectivity index (χ1) is 11.0. The van der Waals surface area contributed by atoms with Crippen molar-refractivity contribution >= 4 is 16.9 Å². The van der Waals surface area contributed by atoms with E-state index < -0.39 is 5.97 Å². The zero-order valence-electron chi connectivity index (χ0n) is 12.9. The molecule has 5 nitrogen and oxygen atoms in total. The van der Waals surface area contributed by atoms with Gasteiger partial charge in [0.15, 0.2) is 0 Å². The summed E-state index contributed by atoms with van der Waals surface area (Å²) < 4.78 is 6.55. The monoisotopic (exact) mass is 308 g/mol. The van der Waals surface area contributed by atoms with Gasteiger partial charge in [-0.25, -0.2) is 9.78 Å². The quantitative estimate of drug-likeness (QED) is 0.551. The van der Waals surface area contributed by atoms with Gasteiger partial charge in [-0.15, -0.1) is 0 Å². The van der Waals surface area contributed by atoms with E-state index in [0.29, 0.717) is 16.7 Å². The highest BCUT2D eigenvalue weighted by Crippen LogP contribution is 2.16. The zero-order chi connectivity index (χ0) is 16.4. The maximum absolute atomic E-state index is 12.3. The number of carbonyl (C=O) groups is 1. The van der Waals surface area contributed by atoms with Crippen molar-refractivity contribution in [3.8, 4) is 5.75 Å². The number of hydrogen-bond acceptors (Lipinski definition) is 4. The molecule has 0 saturated heterocycles. The Morgan fingerprint density at radius 3 is 2.70 bits per heavy atom. The molecule has 0 amide bonds. The van der Waals surface area contributed by atoms with Gasteiger partial charge in [-0.05, 0) is 49.2 Å². The number of rotatable bonds is 3. The lowest BCUT2D eigenvalue weighted by molar-refractivity contribution is -0.135. The SMILES string of the molecule is Cc1ccc(OC(=O)Cn2cnc3ccccc3c2=O)cc1C. The number of para-hydroxylation sites is 1. The minimum absolute atomic E-state index is 0.177. The van der Waals surface area contributed by atoms with E-state index in [0.717, 1.165) is 11.1 Å². The molecule has 0 aliphatic heterocycles. The molecule has 1 aromatic heterocycles. The van der Waals surface area contributed by atoms with E-state index in [-0.39, 0.29) is 12.1 Å². The summed E-state index contributed by atoms with van der Waals surface area (Å²) in [5, 5.41) is 0.481. The fraction of sp³-hybridized carbons (Fsp3) is 0.167. The predicted molar refractivity (Wildman–Crippen MR) is 87.6 cm³/mol. The Hall–Kier alpha value is -2.95. The van der Waals surface area contributed by atoms with Crippen molar-refractivity contribution in [1.82, 2.24) is 9.55 Å². The van der Waals surface area contributed by atoms with Gasteiger partial charge >= 0.3 is 5.97 Å². The highest BCUT2D eigenvalue weighted by atomic mass is 16.5. The van der Waals surface area contributed by atoms with E-state index in [9.17, 15) is 9.59 Å². The normalized spacial score (nSPS) is 10.7. The molecule has 2 aromatic carbocycles. The van der Waals surface area contributed by atoms with E-state index in [1.807, 2.05) is 26.0 Å². The van der Waals surface area contributed by atoms with Crippen LogP contribution in [0.1, 0.15) is 11.1 Å².